The van der Waals surface area contributed by atoms with Crippen LogP contribution in [0.4, 0.5) is 4.39 Å². The van der Waals surface area contributed by atoms with Gasteiger partial charge < -0.3 is 14.5 Å². The predicted molar refractivity (Wildman–Crippen MR) is 71.7 cm³/mol. The van der Waals surface area contributed by atoms with E-state index in [1.165, 1.54) is 12.1 Å². The molecule has 0 spiro atoms. The number of nitrogens with one attached hydrogen (secondary N) is 1. The Bertz CT molecular complexity index is 569. The average Bonchev–Trinajstić information content (AvgIpc) is 2.79. The summed E-state index contributed by atoms with van der Waals surface area (Å²) in [5.74, 6) is 0.962. The molecule has 0 unspecified atom stereocenters. The molecule has 0 saturated carbocycles. The van der Waals surface area contributed by atoms with E-state index in [9.17, 15) is 4.39 Å². The van der Waals surface area contributed by atoms with Crippen LogP contribution < -0.4 is 10.1 Å². The van der Waals surface area contributed by atoms with Crippen molar-refractivity contribution in [3.63, 3.8) is 0 Å². The molecule has 2 rings (SSSR count). The molecule has 0 amide bonds. The first kappa shape index (κ1) is 14.5. The van der Waals surface area contributed by atoms with Crippen molar-refractivity contribution in [2.24, 2.45) is 0 Å². The highest BCUT2D eigenvalue weighted by molar-refractivity contribution is 5.29. The lowest BCUT2D eigenvalue weighted by Gasteiger charge is -2.10. The molecule has 2 aromatic rings. The zero-order valence-electron chi connectivity index (χ0n) is 11.8. The molecule has 0 aliphatic heterocycles. The lowest BCUT2D eigenvalue weighted by atomic mass is 10.2. The molecular weight excluding hydrogens is 261 g/mol. The molecule has 108 valence electrons. The van der Waals surface area contributed by atoms with Gasteiger partial charge in [-0.15, -0.1) is 10.2 Å². The number of halogens is 1. The van der Waals surface area contributed by atoms with Crippen LogP contribution in [0.1, 0.15) is 31.2 Å². The number of aromatic nitrogens is 2. The monoisotopic (exact) mass is 279 g/mol. The summed E-state index contributed by atoms with van der Waals surface area (Å²) in [7, 11) is 0. The van der Waals surface area contributed by atoms with Gasteiger partial charge in [0.15, 0.2) is 6.61 Å². The van der Waals surface area contributed by atoms with Crippen molar-refractivity contribution in [3.05, 3.63) is 41.4 Å². The fraction of sp³-hybridized carbons (Fsp3) is 0.429. The first-order valence-electron chi connectivity index (χ1n) is 6.47. The van der Waals surface area contributed by atoms with E-state index in [-0.39, 0.29) is 12.4 Å². The smallest absolute Gasteiger partial charge is 0.253 e. The van der Waals surface area contributed by atoms with Gasteiger partial charge in [0.25, 0.3) is 5.89 Å². The van der Waals surface area contributed by atoms with Crippen LogP contribution in [-0.4, -0.2) is 16.2 Å². The zero-order valence-corrected chi connectivity index (χ0v) is 11.8. The predicted octanol–water partition coefficient (Wildman–Crippen LogP) is 2.59. The average molecular weight is 279 g/mol. The highest BCUT2D eigenvalue weighted by Gasteiger charge is 2.06. The quantitative estimate of drug-likeness (QED) is 0.880. The normalized spacial score (nSPS) is 11.1. The van der Waals surface area contributed by atoms with Gasteiger partial charge in [0.05, 0.1) is 0 Å². The summed E-state index contributed by atoms with van der Waals surface area (Å²) >= 11 is 0. The first-order valence-corrected chi connectivity index (χ1v) is 6.47. The fourth-order valence-corrected chi connectivity index (χ4v) is 1.67. The van der Waals surface area contributed by atoms with E-state index in [0.29, 0.717) is 30.1 Å². The Morgan fingerprint density at radius 2 is 2.10 bits per heavy atom. The van der Waals surface area contributed by atoms with Crippen molar-refractivity contribution in [1.82, 2.24) is 15.5 Å². The Kier molecular flexibility index (Phi) is 4.68. The van der Waals surface area contributed by atoms with Crippen molar-refractivity contribution in [3.8, 4) is 5.75 Å². The van der Waals surface area contributed by atoms with Crippen LogP contribution in [0.3, 0.4) is 0 Å². The van der Waals surface area contributed by atoms with Gasteiger partial charge >= 0.3 is 0 Å². The van der Waals surface area contributed by atoms with Crippen LogP contribution in [0.5, 0.6) is 5.75 Å². The van der Waals surface area contributed by atoms with Crippen LogP contribution in [0, 0.1) is 12.7 Å². The van der Waals surface area contributed by atoms with E-state index in [1.807, 2.05) is 13.8 Å². The van der Waals surface area contributed by atoms with Crippen molar-refractivity contribution >= 4 is 0 Å². The number of nitrogens with zero attached hydrogens (tertiary/aromatic N) is 2. The Morgan fingerprint density at radius 1 is 1.30 bits per heavy atom. The molecule has 0 bridgehead atoms. The molecule has 1 aromatic heterocycles. The molecule has 5 nitrogen and oxygen atoms in total. The molecule has 20 heavy (non-hydrogen) atoms. The van der Waals surface area contributed by atoms with E-state index < -0.39 is 0 Å². The SMILES string of the molecule is Cc1nnc(COc2cc(F)cc(CNC(C)C)c2)o1. The topological polar surface area (TPSA) is 60.2 Å². The number of benzene rings is 1. The number of ether oxygens (including phenoxy) is 1. The molecule has 0 aliphatic rings. The largest absolute Gasteiger partial charge is 0.484 e. The maximum absolute atomic E-state index is 13.5. The van der Waals surface area contributed by atoms with Gasteiger partial charge in [0.1, 0.15) is 11.6 Å². The minimum absolute atomic E-state index is 0.126. The van der Waals surface area contributed by atoms with E-state index in [4.69, 9.17) is 9.15 Å². The van der Waals surface area contributed by atoms with Gasteiger partial charge in [-0.1, -0.05) is 13.8 Å². The number of aryl methyl sites for hydroxylation is 1. The van der Waals surface area contributed by atoms with Crippen molar-refractivity contribution in [2.75, 3.05) is 0 Å². The van der Waals surface area contributed by atoms with Gasteiger partial charge in [-0.2, -0.15) is 0 Å². The van der Waals surface area contributed by atoms with E-state index in [0.717, 1.165) is 5.56 Å². The van der Waals surface area contributed by atoms with Crippen LogP contribution in [-0.2, 0) is 13.2 Å². The maximum Gasteiger partial charge on any atom is 0.253 e. The summed E-state index contributed by atoms with van der Waals surface area (Å²) in [6.45, 7) is 6.49. The first-order chi connectivity index (χ1) is 9.52. The molecule has 1 heterocycles. The summed E-state index contributed by atoms with van der Waals surface area (Å²) in [5, 5.41) is 10.7. The third-order valence-corrected chi connectivity index (χ3v) is 2.58. The van der Waals surface area contributed by atoms with Gasteiger partial charge in [0, 0.05) is 25.6 Å². The second-order valence-electron chi connectivity index (χ2n) is 4.83. The third kappa shape index (κ3) is 4.31. The second-order valence-corrected chi connectivity index (χ2v) is 4.83. The van der Waals surface area contributed by atoms with Crippen LogP contribution in [0.15, 0.2) is 22.6 Å². The van der Waals surface area contributed by atoms with E-state index in [2.05, 4.69) is 15.5 Å². The fourth-order valence-electron chi connectivity index (χ4n) is 1.67. The molecule has 6 heteroatoms. The molecule has 1 N–H and O–H groups in total. The summed E-state index contributed by atoms with van der Waals surface area (Å²) in [6.07, 6.45) is 0. The molecule has 0 aliphatic carbocycles. The van der Waals surface area contributed by atoms with E-state index in [1.54, 1.807) is 13.0 Å². The molecule has 0 fully saturated rings. The van der Waals surface area contributed by atoms with E-state index >= 15 is 0 Å². The Labute approximate surface area is 117 Å². The highest BCUT2D eigenvalue weighted by Crippen LogP contribution is 2.18. The van der Waals surface area contributed by atoms with Crippen LogP contribution in [0.25, 0.3) is 0 Å². The maximum atomic E-state index is 13.5. The highest BCUT2D eigenvalue weighted by atomic mass is 19.1. The summed E-state index contributed by atoms with van der Waals surface area (Å²) in [6, 6.07) is 4.95. The zero-order chi connectivity index (χ0) is 14.5. The number of hydrogen-bond donors (Lipinski definition) is 1. The van der Waals surface area contributed by atoms with Gasteiger partial charge in [-0.3, -0.25) is 0 Å². The van der Waals surface area contributed by atoms with Crippen LogP contribution >= 0.6 is 0 Å². The van der Waals surface area contributed by atoms with Gasteiger partial charge in [0.2, 0.25) is 5.89 Å². The second kappa shape index (κ2) is 6.47. The summed E-state index contributed by atoms with van der Waals surface area (Å²) < 4.78 is 24.2. The summed E-state index contributed by atoms with van der Waals surface area (Å²) in [5.41, 5.74) is 0.829. The molecule has 0 radical (unpaired) electrons. The Morgan fingerprint density at radius 3 is 2.75 bits per heavy atom. The van der Waals surface area contributed by atoms with Crippen molar-refractivity contribution in [1.29, 1.82) is 0 Å². The minimum Gasteiger partial charge on any atom is -0.484 e. The van der Waals surface area contributed by atoms with Crippen molar-refractivity contribution < 1.29 is 13.5 Å². The molecule has 0 saturated heterocycles. The van der Waals surface area contributed by atoms with Crippen LogP contribution in [0.2, 0.25) is 0 Å². The number of hydrogen-bond acceptors (Lipinski definition) is 5. The lowest BCUT2D eigenvalue weighted by Crippen LogP contribution is -2.21. The lowest BCUT2D eigenvalue weighted by molar-refractivity contribution is 0.259. The Hall–Kier alpha value is -1.95. The standard InChI is InChI=1S/C14H18FN3O2/c1-9(2)16-7-11-4-12(15)6-13(5-11)19-8-14-18-17-10(3)20-14/h4-6,9,16H,7-8H2,1-3H3. The summed E-state index contributed by atoms with van der Waals surface area (Å²) in [4.78, 5) is 0. The number of rotatable bonds is 6. The van der Waals surface area contributed by atoms with Crippen molar-refractivity contribution in [2.45, 2.75) is 40.0 Å². The van der Waals surface area contributed by atoms with Gasteiger partial charge in [-0.25, -0.2) is 4.39 Å². The third-order valence-electron chi connectivity index (χ3n) is 2.58. The molecule has 0 atom stereocenters. The minimum atomic E-state index is -0.329. The molecular formula is C14H18FN3O2. The molecule has 1 aromatic carbocycles. The Balaban J connectivity index is 2.00. The van der Waals surface area contributed by atoms with Gasteiger partial charge in [-0.05, 0) is 17.7 Å².